The first-order chi connectivity index (χ1) is 3.89. The molecule has 0 saturated heterocycles. The van der Waals surface area contributed by atoms with E-state index in [9.17, 15) is 4.21 Å². The van der Waals surface area contributed by atoms with Crippen molar-refractivity contribution in [1.29, 1.82) is 0 Å². The minimum Gasteiger partial charge on any atom is -0.254 e. The molecule has 8 heavy (non-hydrogen) atoms. The second-order valence-corrected chi connectivity index (χ2v) is 4.36. The Bertz CT molecular complexity index is 120. The molecule has 0 aromatic carbocycles. The number of rotatable bonds is 0. The highest BCUT2D eigenvalue weighted by Crippen LogP contribution is 2.09. The van der Waals surface area contributed by atoms with Gasteiger partial charge < -0.3 is 0 Å². The topological polar surface area (TPSA) is 17.1 Å². The van der Waals surface area contributed by atoms with Crippen LogP contribution in [-0.4, -0.2) is 15.0 Å². The molecule has 1 unspecified atom stereocenters. The minimum atomic E-state index is -0.675. The van der Waals surface area contributed by atoms with E-state index in [1.807, 2.05) is 6.08 Å². The number of hydrogen-bond donors (Lipinski definition) is 0. The SMILES string of the molecule is O=S1C=CCCSC1. The van der Waals surface area contributed by atoms with Gasteiger partial charge in [0.25, 0.3) is 0 Å². The van der Waals surface area contributed by atoms with Gasteiger partial charge in [0.05, 0.1) is 15.9 Å². The van der Waals surface area contributed by atoms with E-state index in [4.69, 9.17) is 0 Å². The zero-order chi connectivity index (χ0) is 5.82. The first kappa shape index (κ1) is 6.36. The molecule has 1 aliphatic rings. The molecule has 3 heteroatoms. The molecule has 0 aliphatic carbocycles. The van der Waals surface area contributed by atoms with E-state index in [1.54, 1.807) is 17.2 Å². The lowest BCUT2D eigenvalue weighted by Gasteiger charge is -1.88. The van der Waals surface area contributed by atoms with Crippen molar-refractivity contribution in [3.63, 3.8) is 0 Å². The summed E-state index contributed by atoms with van der Waals surface area (Å²) < 4.78 is 10.7. The van der Waals surface area contributed by atoms with Crippen LogP contribution in [0.4, 0.5) is 0 Å². The fourth-order valence-electron chi connectivity index (χ4n) is 0.507. The molecule has 0 saturated carbocycles. The lowest BCUT2D eigenvalue weighted by Crippen LogP contribution is -1.84. The van der Waals surface area contributed by atoms with Crippen molar-refractivity contribution in [2.75, 3.05) is 10.8 Å². The smallest absolute Gasteiger partial charge is 0.0733 e. The van der Waals surface area contributed by atoms with Gasteiger partial charge in [-0.1, -0.05) is 6.08 Å². The molecule has 0 aromatic rings. The van der Waals surface area contributed by atoms with E-state index < -0.39 is 10.8 Å². The molecular formula is C5H8OS2. The van der Waals surface area contributed by atoms with Crippen LogP contribution in [0.15, 0.2) is 11.5 Å². The highest BCUT2D eigenvalue weighted by molar-refractivity contribution is 8.11. The van der Waals surface area contributed by atoms with Crippen molar-refractivity contribution >= 4 is 22.6 Å². The summed E-state index contributed by atoms with van der Waals surface area (Å²) >= 11 is 1.76. The van der Waals surface area contributed by atoms with E-state index in [1.165, 1.54) is 0 Å². The molecule has 0 amide bonds. The third-order valence-corrected chi connectivity index (χ3v) is 3.49. The van der Waals surface area contributed by atoms with Crippen molar-refractivity contribution in [2.24, 2.45) is 0 Å². The van der Waals surface area contributed by atoms with Gasteiger partial charge in [0.15, 0.2) is 0 Å². The van der Waals surface area contributed by atoms with Gasteiger partial charge in [0.2, 0.25) is 0 Å². The molecule has 1 rings (SSSR count). The summed E-state index contributed by atoms with van der Waals surface area (Å²) in [6.07, 6.45) is 3.08. The highest BCUT2D eigenvalue weighted by Gasteiger charge is 1.97. The maximum absolute atomic E-state index is 10.7. The molecule has 0 radical (unpaired) electrons. The summed E-state index contributed by atoms with van der Waals surface area (Å²) in [7, 11) is -0.675. The van der Waals surface area contributed by atoms with Crippen LogP contribution in [0.5, 0.6) is 0 Å². The van der Waals surface area contributed by atoms with Crippen molar-refractivity contribution in [3.05, 3.63) is 11.5 Å². The average molecular weight is 148 g/mol. The van der Waals surface area contributed by atoms with Crippen LogP contribution in [0.3, 0.4) is 0 Å². The van der Waals surface area contributed by atoms with Gasteiger partial charge in [-0.2, -0.15) is 0 Å². The van der Waals surface area contributed by atoms with Crippen LogP contribution in [0.2, 0.25) is 0 Å². The first-order valence-corrected chi connectivity index (χ1v) is 5.05. The highest BCUT2D eigenvalue weighted by atomic mass is 32.2. The second kappa shape index (κ2) is 3.30. The van der Waals surface area contributed by atoms with Crippen LogP contribution in [0.1, 0.15) is 6.42 Å². The fourth-order valence-corrected chi connectivity index (χ4v) is 2.60. The molecule has 1 aliphatic heterocycles. The number of hydrogen-bond acceptors (Lipinski definition) is 2. The van der Waals surface area contributed by atoms with Gasteiger partial charge in [-0.05, 0) is 17.6 Å². The first-order valence-electron chi connectivity index (χ1n) is 2.51. The Morgan fingerprint density at radius 3 is 3.38 bits per heavy atom. The van der Waals surface area contributed by atoms with Crippen molar-refractivity contribution in [3.8, 4) is 0 Å². The average Bonchev–Trinajstić information content (AvgIpc) is 1.94. The summed E-state index contributed by atoms with van der Waals surface area (Å²) in [6, 6.07) is 0. The van der Waals surface area contributed by atoms with Gasteiger partial charge in [0, 0.05) is 0 Å². The van der Waals surface area contributed by atoms with Crippen molar-refractivity contribution < 1.29 is 4.21 Å². The summed E-state index contributed by atoms with van der Waals surface area (Å²) in [5, 5.41) is 2.58. The quantitative estimate of drug-likeness (QED) is 0.515. The molecule has 0 N–H and O–H groups in total. The third kappa shape index (κ3) is 2.01. The van der Waals surface area contributed by atoms with E-state index in [0.29, 0.717) is 0 Å². The summed E-state index contributed by atoms with van der Waals surface area (Å²) in [6.45, 7) is 0. The summed E-state index contributed by atoms with van der Waals surface area (Å²) in [4.78, 5) is 0. The Balaban J connectivity index is 2.44. The molecule has 46 valence electrons. The fraction of sp³-hybridized carbons (Fsp3) is 0.600. The standard InChI is InChI=1S/C5H8OS2/c6-8-4-2-1-3-7-5-8/h2,4H,1,3,5H2. The van der Waals surface area contributed by atoms with Crippen LogP contribution in [0, 0.1) is 0 Å². The second-order valence-electron chi connectivity index (χ2n) is 1.57. The third-order valence-electron chi connectivity index (χ3n) is 0.876. The predicted octanol–water partition coefficient (Wildman–Crippen LogP) is 1.34. The Morgan fingerprint density at radius 1 is 1.62 bits per heavy atom. The van der Waals surface area contributed by atoms with Gasteiger partial charge in [-0.3, -0.25) is 4.21 Å². The van der Waals surface area contributed by atoms with Crippen molar-refractivity contribution in [1.82, 2.24) is 0 Å². The van der Waals surface area contributed by atoms with Crippen molar-refractivity contribution in [2.45, 2.75) is 6.42 Å². The lowest BCUT2D eigenvalue weighted by molar-refractivity contribution is 0.691. The van der Waals surface area contributed by atoms with Gasteiger partial charge in [-0.25, -0.2) is 0 Å². The van der Waals surface area contributed by atoms with E-state index in [2.05, 4.69) is 0 Å². The largest absolute Gasteiger partial charge is 0.254 e. The Morgan fingerprint density at radius 2 is 2.50 bits per heavy atom. The van der Waals surface area contributed by atoms with Gasteiger partial charge >= 0.3 is 0 Å². The summed E-state index contributed by atoms with van der Waals surface area (Å²) in [5.41, 5.74) is 0. The predicted molar refractivity (Wildman–Crippen MR) is 39.2 cm³/mol. The number of thioether (sulfide) groups is 1. The molecule has 0 aromatic heterocycles. The zero-order valence-electron chi connectivity index (χ0n) is 4.50. The lowest BCUT2D eigenvalue weighted by atomic mass is 10.5. The Labute approximate surface area is 56.0 Å². The molecule has 1 heterocycles. The molecule has 1 nitrogen and oxygen atoms in total. The maximum atomic E-state index is 10.7. The maximum Gasteiger partial charge on any atom is 0.0733 e. The Hall–Kier alpha value is 0.240. The van der Waals surface area contributed by atoms with Crippen LogP contribution in [-0.2, 0) is 10.8 Å². The molecule has 0 spiro atoms. The Kier molecular flexibility index (Phi) is 2.63. The van der Waals surface area contributed by atoms with E-state index in [-0.39, 0.29) is 0 Å². The molecule has 1 atom stereocenters. The van der Waals surface area contributed by atoms with Crippen LogP contribution >= 0.6 is 11.8 Å². The van der Waals surface area contributed by atoms with Gasteiger partial charge in [0.1, 0.15) is 0 Å². The van der Waals surface area contributed by atoms with Crippen LogP contribution in [0.25, 0.3) is 0 Å². The number of allylic oxidation sites excluding steroid dienone is 1. The summed E-state index contributed by atoms with van der Waals surface area (Å²) in [5.74, 6) is 1.13. The van der Waals surface area contributed by atoms with Crippen LogP contribution < -0.4 is 0 Å². The van der Waals surface area contributed by atoms with E-state index in [0.717, 1.165) is 17.3 Å². The zero-order valence-corrected chi connectivity index (χ0v) is 6.13. The van der Waals surface area contributed by atoms with E-state index >= 15 is 0 Å². The normalized spacial score (nSPS) is 29.8. The molecule has 0 bridgehead atoms. The molecule has 0 fully saturated rings. The molecular weight excluding hydrogens is 140 g/mol. The minimum absolute atomic E-state index is 0.675. The monoisotopic (exact) mass is 148 g/mol. The van der Waals surface area contributed by atoms with Gasteiger partial charge in [-0.15, -0.1) is 11.8 Å².